The van der Waals surface area contributed by atoms with E-state index in [1.165, 1.54) is 31.1 Å². The summed E-state index contributed by atoms with van der Waals surface area (Å²) < 4.78 is 26.2. The molecule has 1 aliphatic rings. The molecule has 1 aliphatic heterocycles. The van der Waals surface area contributed by atoms with Gasteiger partial charge in [0.25, 0.3) is 5.91 Å². The lowest BCUT2D eigenvalue weighted by Crippen LogP contribution is -2.39. The highest BCUT2D eigenvalue weighted by molar-refractivity contribution is 7.89. The van der Waals surface area contributed by atoms with Gasteiger partial charge in [-0.1, -0.05) is 17.7 Å². The number of imide groups is 1. The van der Waals surface area contributed by atoms with E-state index in [9.17, 15) is 22.8 Å². The van der Waals surface area contributed by atoms with Gasteiger partial charge in [0.05, 0.1) is 4.90 Å². The number of rotatable bonds is 6. The molecule has 1 unspecified atom stereocenters. The van der Waals surface area contributed by atoms with E-state index < -0.39 is 40.5 Å². The van der Waals surface area contributed by atoms with Crippen molar-refractivity contribution in [3.8, 4) is 0 Å². The van der Waals surface area contributed by atoms with Gasteiger partial charge in [0.1, 0.15) is 12.6 Å². The van der Waals surface area contributed by atoms with Gasteiger partial charge in [-0.15, -0.1) is 0 Å². The Kier molecular flexibility index (Phi) is 6.62. The van der Waals surface area contributed by atoms with Crippen molar-refractivity contribution in [3.05, 3.63) is 53.1 Å². The Morgan fingerprint density at radius 3 is 2.24 bits per heavy atom. The molecule has 2 aromatic carbocycles. The van der Waals surface area contributed by atoms with Crippen LogP contribution in [0.3, 0.4) is 0 Å². The molecule has 1 saturated heterocycles. The summed E-state index contributed by atoms with van der Waals surface area (Å²) in [6.45, 7) is 6.55. The standard InChI is InChI=1S/C23H28N4O5S/c1-14-7-9-18(10-8-14)27-17(4)22(29)26(23(27)30)13-21(28)24-20-12-19(11-15(2)16(20)3)33(31,32)25(5)6/h7-12,17H,13H2,1-6H3,(H,24,28). The average molecular weight is 473 g/mol. The number of anilines is 2. The van der Waals surface area contributed by atoms with Gasteiger partial charge in [-0.2, -0.15) is 0 Å². The van der Waals surface area contributed by atoms with Crippen molar-refractivity contribution < 1.29 is 22.8 Å². The fraction of sp³-hybridized carbons (Fsp3) is 0.348. The van der Waals surface area contributed by atoms with E-state index in [2.05, 4.69) is 5.32 Å². The number of nitrogens with one attached hydrogen (secondary N) is 1. The lowest BCUT2D eigenvalue weighted by Gasteiger charge is -2.20. The minimum Gasteiger partial charge on any atom is -0.324 e. The van der Waals surface area contributed by atoms with Crippen molar-refractivity contribution in [2.45, 2.75) is 38.6 Å². The van der Waals surface area contributed by atoms with Crippen LogP contribution < -0.4 is 10.2 Å². The third kappa shape index (κ3) is 4.62. The number of aryl methyl sites for hydroxylation is 2. The highest BCUT2D eigenvalue weighted by Gasteiger charge is 2.44. The van der Waals surface area contributed by atoms with Crippen LogP contribution in [-0.2, 0) is 19.6 Å². The first kappa shape index (κ1) is 24.4. The molecule has 1 fully saturated rings. The fourth-order valence-electron chi connectivity index (χ4n) is 3.56. The number of carbonyl (C=O) groups excluding carboxylic acids is 3. The fourth-order valence-corrected chi connectivity index (χ4v) is 4.57. The maximum Gasteiger partial charge on any atom is 0.332 e. The molecule has 1 N–H and O–H groups in total. The number of urea groups is 1. The van der Waals surface area contributed by atoms with Gasteiger partial charge in [-0.05, 0) is 63.1 Å². The van der Waals surface area contributed by atoms with Gasteiger partial charge in [0.2, 0.25) is 15.9 Å². The Hall–Kier alpha value is -3.24. The average Bonchev–Trinajstić information content (AvgIpc) is 2.95. The zero-order chi connectivity index (χ0) is 24.7. The molecule has 0 aliphatic carbocycles. The Morgan fingerprint density at radius 1 is 1.06 bits per heavy atom. The summed E-state index contributed by atoms with van der Waals surface area (Å²) in [5.74, 6) is -1.08. The molecule has 0 spiro atoms. The molecule has 1 heterocycles. The van der Waals surface area contributed by atoms with Gasteiger partial charge in [0, 0.05) is 25.5 Å². The highest BCUT2D eigenvalue weighted by atomic mass is 32.2. The summed E-state index contributed by atoms with van der Waals surface area (Å²) in [6, 6.07) is 8.78. The number of hydrogen-bond acceptors (Lipinski definition) is 5. The van der Waals surface area contributed by atoms with Crippen LogP contribution in [0.1, 0.15) is 23.6 Å². The monoisotopic (exact) mass is 472 g/mol. The Balaban J connectivity index is 1.82. The molecule has 10 heteroatoms. The molecule has 176 valence electrons. The first-order chi connectivity index (χ1) is 15.3. The van der Waals surface area contributed by atoms with Crippen LogP contribution in [0.5, 0.6) is 0 Å². The van der Waals surface area contributed by atoms with E-state index in [0.29, 0.717) is 22.5 Å². The maximum absolute atomic E-state index is 12.9. The Bertz CT molecular complexity index is 1220. The van der Waals surface area contributed by atoms with Crippen LogP contribution in [0, 0.1) is 20.8 Å². The third-order valence-corrected chi connectivity index (χ3v) is 7.55. The molecule has 2 aromatic rings. The topological polar surface area (TPSA) is 107 Å². The first-order valence-corrected chi connectivity index (χ1v) is 11.8. The van der Waals surface area contributed by atoms with Crippen molar-refractivity contribution >= 4 is 39.2 Å². The van der Waals surface area contributed by atoms with E-state index in [1.807, 2.05) is 19.1 Å². The molecule has 3 rings (SSSR count). The number of benzene rings is 2. The number of amides is 4. The minimum atomic E-state index is -3.71. The molecule has 0 radical (unpaired) electrons. The number of sulfonamides is 1. The highest BCUT2D eigenvalue weighted by Crippen LogP contribution is 2.28. The van der Waals surface area contributed by atoms with Crippen molar-refractivity contribution in [1.29, 1.82) is 0 Å². The molecule has 4 amide bonds. The summed E-state index contributed by atoms with van der Waals surface area (Å²) >= 11 is 0. The summed E-state index contributed by atoms with van der Waals surface area (Å²) in [7, 11) is -0.856. The van der Waals surface area contributed by atoms with Gasteiger partial charge in [-0.25, -0.2) is 17.5 Å². The van der Waals surface area contributed by atoms with Gasteiger partial charge in [-0.3, -0.25) is 19.4 Å². The van der Waals surface area contributed by atoms with Crippen LogP contribution in [0.4, 0.5) is 16.2 Å². The quantitative estimate of drug-likeness (QED) is 0.651. The summed E-state index contributed by atoms with van der Waals surface area (Å²) in [5, 5.41) is 2.66. The summed E-state index contributed by atoms with van der Waals surface area (Å²) in [6.07, 6.45) is 0. The molecule has 9 nitrogen and oxygen atoms in total. The van der Waals surface area contributed by atoms with Crippen molar-refractivity contribution in [3.63, 3.8) is 0 Å². The molecule has 0 bridgehead atoms. The zero-order valence-corrected chi connectivity index (χ0v) is 20.4. The molecular formula is C23H28N4O5S. The van der Waals surface area contributed by atoms with E-state index in [0.717, 1.165) is 14.8 Å². The predicted molar refractivity (Wildman–Crippen MR) is 126 cm³/mol. The van der Waals surface area contributed by atoms with Crippen LogP contribution in [0.15, 0.2) is 41.3 Å². The van der Waals surface area contributed by atoms with Gasteiger partial charge in [0.15, 0.2) is 0 Å². The summed E-state index contributed by atoms with van der Waals surface area (Å²) in [4.78, 5) is 40.8. The Labute approximate surface area is 194 Å². The smallest absolute Gasteiger partial charge is 0.324 e. The molecule has 33 heavy (non-hydrogen) atoms. The number of hydrogen-bond donors (Lipinski definition) is 1. The van der Waals surface area contributed by atoms with Gasteiger partial charge >= 0.3 is 6.03 Å². The largest absolute Gasteiger partial charge is 0.332 e. The van der Waals surface area contributed by atoms with Crippen molar-refractivity contribution in [2.24, 2.45) is 0 Å². The zero-order valence-electron chi connectivity index (χ0n) is 19.5. The predicted octanol–water partition coefficient (Wildman–Crippen LogP) is 2.66. The third-order valence-electron chi connectivity index (χ3n) is 5.76. The molecule has 0 aromatic heterocycles. The van der Waals surface area contributed by atoms with Crippen LogP contribution in [0.25, 0.3) is 0 Å². The molecule has 0 saturated carbocycles. The number of carbonyl (C=O) groups is 3. The molecule has 1 atom stereocenters. The second-order valence-corrected chi connectivity index (χ2v) is 10.5. The van der Waals surface area contributed by atoms with E-state index >= 15 is 0 Å². The van der Waals surface area contributed by atoms with Crippen LogP contribution >= 0.6 is 0 Å². The van der Waals surface area contributed by atoms with E-state index in [1.54, 1.807) is 32.9 Å². The van der Waals surface area contributed by atoms with Crippen LogP contribution in [0.2, 0.25) is 0 Å². The van der Waals surface area contributed by atoms with E-state index in [-0.39, 0.29) is 4.90 Å². The van der Waals surface area contributed by atoms with Crippen molar-refractivity contribution in [1.82, 2.24) is 9.21 Å². The van der Waals surface area contributed by atoms with Crippen LogP contribution in [-0.4, -0.2) is 62.2 Å². The second-order valence-electron chi connectivity index (χ2n) is 8.34. The molecular weight excluding hydrogens is 444 g/mol. The van der Waals surface area contributed by atoms with Gasteiger partial charge < -0.3 is 5.32 Å². The maximum atomic E-state index is 12.9. The number of nitrogens with zero attached hydrogens (tertiary/aromatic N) is 3. The first-order valence-electron chi connectivity index (χ1n) is 10.4. The normalized spacial score (nSPS) is 16.6. The Morgan fingerprint density at radius 2 is 1.67 bits per heavy atom. The van der Waals surface area contributed by atoms with Crippen molar-refractivity contribution in [2.75, 3.05) is 30.9 Å². The lowest BCUT2D eigenvalue weighted by molar-refractivity contribution is -0.130. The summed E-state index contributed by atoms with van der Waals surface area (Å²) in [5.41, 5.74) is 3.27. The lowest BCUT2D eigenvalue weighted by atomic mass is 10.1. The van der Waals surface area contributed by atoms with E-state index in [4.69, 9.17) is 0 Å². The SMILES string of the molecule is Cc1ccc(N2C(=O)N(CC(=O)Nc3cc(S(=O)(=O)N(C)C)cc(C)c3C)C(=O)C2C)cc1. The minimum absolute atomic E-state index is 0.0402. The second kappa shape index (κ2) is 8.95.